The number of esters is 1. The van der Waals surface area contributed by atoms with Crippen molar-refractivity contribution in [2.24, 2.45) is 0 Å². The van der Waals surface area contributed by atoms with E-state index in [4.69, 9.17) is 4.74 Å². The zero-order chi connectivity index (χ0) is 16.8. The third-order valence-electron chi connectivity index (χ3n) is 3.89. The predicted octanol–water partition coefficient (Wildman–Crippen LogP) is 1.31. The van der Waals surface area contributed by atoms with E-state index < -0.39 is 0 Å². The Morgan fingerprint density at radius 1 is 1.17 bits per heavy atom. The van der Waals surface area contributed by atoms with Crippen LogP contribution in [-0.4, -0.2) is 59.9 Å². The lowest BCUT2D eigenvalue weighted by Crippen LogP contribution is -2.58. The van der Waals surface area contributed by atoms with Gasteiger partial charge in [0.2, 0.25) is 5.91 Å². The molecule has 6 nitrogen and oxygen atoms in total. The SMILES string of the molecule is CCC(=O)N1CCN(C(=O)c2ccccc2)CC1COC(C)=O. The van der Waals surface area contributed by atoms with Gasteiger partial charge in [-0.05, 0) is 12.1 Å². The Morgan fingerprint density at radius 3 is 2.48 bits per heavy atom. The number of amides is 2. The van der Waals surface area contributed by atoms with Gasteiger partial charge in [-0.25, -0.2) is 0 Å². The zero-order valence-corrected chi connectivity index (χ0v) is 13.5. The molecule has 1 atom stereocenters. The maximum Gasteiger partial charge on any atom is 0.302 e. The number of hydrogen-bond donors (Lipinski definition) is 0. The summed E-state index contributed by atoms with van der Waals surface area (Å²) in [5, 5.41) is 0. The first kappa shape index (κ1) is 17.0. The largest absolute Gasteiger partial charge is 0.464 e. The zero-order valence-electron chi connectivity index (χ0n) is 13.5. The molecule has 1 aromatic rings. The number of ether oxygens (including phenoxy) is 1. The molecule has 1 aliphatic rings. The van der Waals surface area contributed by atoms with Crippen molar-refractivity contribution in [1.82, 2.24) is 9.80 Å². The third-order valence-corrected chi connectivity index (χ3v) is 3.89. The molecule has 0 bridgehead atoms. The topological polar surface area (TPSA) is 66.9 Å². The molecule has 2 amide bonds. The summed E-state index contributed by atoms with van der Waals surface area (Å²) < 4.78 is 5.07. The van der Waals surface area contributed by atoms with Crippen LogP contribution in [0, 0.1) is 0 Å². The Labute approximate surface area is 136 Å². The van der Waals surface area contributed by atoms with Crippen molar-refractivity contribution in [2.45, 2.75) is 26.3 Å². The van der Waals surface area contributed by atoms with Crippen LogP contribution in [0.5, 0.6) is 0 Å². The van der Waals surface area contributed by atoms with E-state index in [2.05, 4.69) is 0 Å². The highest BCUT2D eigenvalue weighted by Crippen LogP contribution is 2.15. The van der Waals surface area contributed by atoms with Gasteiger partial charge < -0.3 is 14.5 Å². The van der Waals surface area contributed by atoms with E-state index in [1.54, 1.807) is 28.9 Å². The van der Waals surface area contributed by atoms with Gasteiger partial charge in [-0.2, -0.15) is 0 Å². The second-order valence-electron chi connectivity index (χ2n) is 5.51. The van der Waals surface area contributed by atoms with Gasteiger partial charge in [0.25, 0.3) is 5.91 Å². The van der Waals surface area contributed by atoms with Crippen molar-refractivity contribution in [3.05, 3.63) is 35.9 Å². The second-order valence-corrected chi connectivity index (χ2v) is 5.51. The maximum atomic E-state index is 12.5. The number of carbonyl (C=O) groups excluding carboxylic acids is 3. The molecule has 1 unspecified atom stereocenters. The maximum absolute atomic E-state index is 12.5. The summed E-state index contributed by atoms with van der Waals surface area (Å²) >= 11 is 0. The fourth-order valence-electron chi connectivity index (χ4n) is 2.69. The number of carbonyl (C=O) groups is 3. The molecule has 1 fully saturated rings. The van der Waals surface area contributed by atoms with E-state index in [1.165, 1.54) is 6.92 Å². The van der Waals surface area contributed by atoms with Crippen LogP contribution in [0.1, 0.15) is 30.6 Å². The van der Waals surface area contributed by atoms with Gasteiger partial charge in [-0.3, -0.25) is 14.4 Å². The molecule has 0 aliphatic carbocycles. The lowest BCUT2D eigenvalue weighted by molar-refractivity contribution is -0.148. The van der Waals surface area contributed by atoms with Crippen LogP contribution in [0.2, 0.25) is 0 Å². The summed E-state index contributed by atoms with van der Waals surface area (Å²) in [7, 11) is 0. The Morgan fingerprint density at radius 2 is 1.87 bits per heavy atom. The van der Waals surface area contributed by atoms with Crippen molar-refractivity contribution in [2.75, 3.05) is 26.2 Å². The van der Waals surface area contributed by atoms with E-state index in [9.17, 15) is 14.4 Å². The highest BCUT2D eigenvalue weighted by molar-refractivity contribution is 5.94. The van der Waals surface area contributed by atoms with E-state index >= 15 is 0 Å². The number of piperazine rings is 1. The van der Waals surface area contributed by atoms with Gasteiger partial charge in [0.1, 0.15) is 6.61 Å². The number of rotatable bonds is 4. The van der Waals surface area contributed by atoms with Crippen LogP contribution in [0.3, 0.4) is 0 Å². The van der Waals surface area contributed by atoms with E-state index in [1.807, 2.05) is 18.2 Å². The van der Waals surface area contributed by atoms with Crippen molar-refractivity contribution in [1.29, 1.82) is 0 Å². The molecular weight excluding hydrogens is 296 g/mol. The Kier molecular flexibility index (Phi) is 5.73. The minimum absolute atomic E-state index is 0.00830. The summed E-state index contributed by atoms with van der Waals surface area (Å²) in [4.78, 5) is 39.1. The molecule has 1 aliphatic heterocycles. The van der Waals surface area contributed by atoms with Crippen LogP contribution < -0.4 is 0 Å². The second kappa shape index (κ2) is 7.76. The highest BCUT2D eigenvalue weighted by Gasteiger charge is 2.32. The normalized spacial score (nSPS) is 17.7. The fourth-order valence-corrected chi connectivity index (χ4v) is 2.69. The molecule has 1 heterocycles. The summed E-state index contributed by atoms with van der Waals surface area (Å²) in [5.41, 5.74) is 0.619. The van der Waals surface area contributed by atoms with E-state index in [0.29, 0.717) is 31.6 Å². The van der Waals surface area contributed by atoms with Gasteiger partial charge in [0.15, 0.2) is 0 Å². The van der Waals surface area contributed by atoms with E-state index in [-0.39, 0.29) is 30.4 Å². The number of hydrogen-bond acceptors (Lipinski definition) is 4. The number of nitrogens with zero attached hydrogens (tertiary/aromatic N) is 2. The van der Waals surface area contributed by atoms with Crippen LogP contribution in [0.15, 0.2) is 30.3 Å². The van der Waals surface area contributed by atoms with Crippen LogP contribution in [-0.2, 0) is 14.3 Å². The van der Waals surface area contributed by atoms with Gasteiger partial charge >= 0.3 is 5.97 Å². The first-order valence-corrected chi connectivity index (χ1v) is 7.80. The summed E-state index contributed by atoms with van der Waals surface area (Å²) in [6.45, 7) is 4.55. The predicted molar refractivity (Wildman–Crippen MR) is 84.8 cm³/mol. The van der Waals surface area contributed by atoms with Crippen LogP contribution in [0.25, 0.3) is 0 Å². The molecule has 2 rings (SSSR count). The quantitative estimate of drug-likeness (QED) is 0.785. The van der Waals surface area contributed by atoms with Crippen LogP contribution >= 0.6 is 0 Å². The lowest BCUT2D eigenvalue weighted by atomic mass is 10.1. The Hall–Kier alpha value is -2.37. The summed E-state index contributed by atoms with van der Waals surface area (Å²) in [5.74, 6) is -0.448. The van der Waals surface area contributed by atoms with Gasteiger partial charge in [0, 0.05) is 38.5 Å². The monoisotopic (exact) mass is 318 g/mol. The van der Waals surface area contributed by atoms with E-state index in [0.717, 1.165) is 0 Å². The average Bonchev–Trinajstić information content (AvgIpc) is 2.59. The summed E-state index contributed by atoms with van der Waals surface area (Å²) in [6.07, 6.45) is 0.392. The molecule has 1 aromatic carbocycles. The Balaban J connectivity index is 2.09. The molecule has 0 radical (unpaired) electrons. The summed E-state index contributed by atoms with van der Waals surface area (Å²) in [6, 6.07) is 8.74. The van der Waals surface area contributed by atoms with Gasteiger partial charge in [0.05, 0.1) is 6.04 Å². The molecule has 6 heteroatoms. The van der Waals surface area contributed by atoms with Gasteiger partial charge in [-0.15, -0.1) is 0 Å². The standard InChI is InChI=1S/C17H22N2O4/c1-3-16(21)19-10-9-18(11-15(19)12-23-13(2)20)17(22)14-7-5-4-6-8-14/h4-8,15H,3,9-12H2,1-2H3. The average molecular weight is 318 g/mol. The van der Waals surface area contributed by atoms with Crippen molar-refractivity contribution >= 4 is 17.8 Å². The van der Waals surface area contributed by atoms with Crippen molar-refractivity contribution < 1.29 is 19.1 Å². The smallest absolute Gasteiger partial charge is 0.302 e. The first-order chi connectivity index (χ1) is 11.0. The van der Waals surface area contributed by atoms with Crippen molar-refractivity contribution in [3.8, 4) is 0 Å². The Bertz CT molecular complexity index is 573. The molecule has 0 saturated carbocycles. The molecule has 23 heavy (non-hydrogen) atoms. The molecular formula is C17H22N2O4. The molecule has 124 valence electrons. The minimum Gasteiger partial charge on any atom is -0.464 e. The molecule has 0 aromatic heterocycles. The van der Waals surface area contributed by atoms with Gasteiger partial charge in [-0.1, -0.05) is 25.1 Å². The molecule has 1 saturated heterocycles. The van der Waals surface area contributed by atoms with Crippen molar-refractivity contribution in [3.63, 3.8) is 0 Å². The lowest BCUT2D eigenvalue weighted by Gasteiger charge is -2.41. The minimum atomic E-state index is -0.389. The third kappa shape index (κ3) is 4.31. The van der Waals surface area contributed by atoms with Crippen LogP contribution in [0.4, 0.5) is 0 Å². The molecule has 0 spiro atoms. The highest BCUT2D eigenvalue weighted by atomic mass is 16.5. The molecule has 0 N–H and O–H groups in total. The number of benzene rings is 1. The first-order valence-electron chi connectivity index (χ1n) is 7.80. The fraction of sp³-hybridized carbons (Fsp3) is 0.471.